The fraction of sp³-hybridized carbons (Fsp3) is 0.0455. The van der Waals surface area contributed by atoms with Crippen molar-refractivity contribution >= 4 is 45.3 Å². The van der Waals surface area contributed by atoms with Crippen molar-refractivity contribution in [2.75, 3.05) is 5.32 Å². The van der Waals surface area contributed by atoms with Crippen LogP contribution >= 0.6 is 11.6 Å². The van der Waals surface area contributed by atoms with Gasteiger partial charge in [0.25, 0.3) is 0 Å². The van der Waals surface area contributed by atoms with Crippen LogP contribution in [0.15, 0.2) is 67.0 Å². The standard InChI is InChI=1S/C22H16ClN5O/c23-19-9-14(17-12-25-22-16(17)5-3-7-24-22)10-20(27-19)28-21(29)11-15-8-13-4-1-2-6-18(13)26-15/h1-10,12,26H,11H2,(H,24,25)(H,27,28,29). The number of anilines is 1. The number of H-pyrrole nitrogens is 2. The number of aromatic nitrogens is 4. The zero-order valence-corrected chi connectivity index (χ0v) is 16.0. The van der Waals surface area contributed by atoms with Crippen molar-refractivity contribution in [2.45, 2.75) is 6.42 Å². The van der Waals surface area contributed by atoms with E-state index in [4.69, 9.17) is 11.6 Å². The lowest BCUT2D eigenvalue weighted by Crippen LogP contribution is -2.15. The number of hydrogen-bond acceptors (Lipinski definition) is 3. The molecule has 4 aromatic heterocycles. The summed E-state index contributed by atoms with van der Waals surface area (Å²) in [6, 6.07) is 17.3. The van der Waals surface area contributed by atoms with Gasteiger partial charge in [-0.3, -0.25) is 4.79 Å². The van der Waals surface area contributed by atoms with Crippen molar-refractivity contribution in [2.24, 2.45) is 0 Å². The van der Waals surface area contributed by atoms with Gasteiger partial charge in [-0.15, -0.1) is 0 Å². The molecule has 1 aromatic carbocycles. The van der Waals surface area contributed by atoms with E-state index >= 15 is 0 Å². The molecule has 29 heavy (non-hydrogen) atoms. The summed E-state index contributed by atoms with van der Waals surface area (Å²) >= 11 is 6.22. The SMILES string of the molecule is O=C(Cc1cc2ccccc2[nH]1)Nc1cc(-c2c[nH]c3ncccc23)cc(Cl)n1. The molecule has 0 aliphatic rings. The summed E-state index contributed by atoms with van der Waals surface area (Å²) in [4.78, 5) is 27.5. The molecule has 4 heterocycles. The van der Waals surface area contributed by atoms with Gasteiger partial charge in [0.15, 0.2) is 0 Å². The van der Waals surface area contributed by atoms with Gasteiger partial charge < -0.3 is 15.3 Å². The van der Waals surface area contributed by atoms with Crippen LogP contribution in [-0.4, -0.2) is 25.8 Å². The molecule has 3 N–H and O–H groups in total. The highest BCUT2D eigenvalue weighted by Crippen LogP contribution is 2.30. The van der Waals surface area contributed by atoms with Gasteiger partial charge in [0.05, 0.1) is 6.42 Å². The van der Waals surface area contributed by atoms with Crippen LogP contribution in [0.1, 0.15) is 5.69 Å². The molecule has 7 heteroatoms. The number of rotatable bonds is 4. The lowest BCUT2D eigenvalue weighted by Gasteiger charge is -2.07. The van der Waals surface area contributed by atoms with Crippen LogP contribution in [0.5, 0.6) is 0 Å². The second-order valence-electron chi connectivity index (χ2n) is 6.77. The molecule has 0 aliphatic carbocycles. The molecule has 1 amide bonds. The molecule has 0 spiro atoms. The monoisotopic (exact) mass is 401 g/mol. The highest BCUT2D eigenvalue weighted by atomic mass is 35.5. The van der Waals surface area contributed by atoms with Crippen molar-refractivity contribution in [3.05, 3.63) is 77.8 Å². The minimum Gasteiger partial charge on any atom is -0.358 e. The normalized spacial score (nSPS) is 11.2. The Kier molecular flexibility index (Phi) is 4.26. The van der Waals surface area contributed by atoms with Crippen LogP contribution in [-0.2, 0) is 11.2 Å². The maximum atomic E-state index is 12.5. The van der Waals surface area contributed by atoms with E-state index in [0.29, 0.717) is 11.0 Å². The molecule has 142 valence electrons. The van der Waals surface area contributed by atoms with E-state index in [-0.39, 0.29) is 12.3 Å². The van der Waals surface area contributed by atoms with Crippen molar-refractivity contribution in [3.8, 4) is 11.1 Å². The van der Waals surface area contributed by atoms with Crippen LogP contribution in [0.3, 0.4) is 0 Å². The number of para-hydroxylation sites is 1. The van der Waals surface area contributed by atoms with Crippen molar-refractivity contribution < 1.29 is 4.79 Å². The molecule has 0 unspecified atom stereocenters. The van der Waals surface area contributed by atoms with E-state index in [0.717, 1.165) is 38.8 Å². The first-order chi connectivity index (χ1) is 14.2. The first-order valence-electron chi connectivity index (χ1n) is 9.12. The Morgan fingerprint density at radius 2 is 2.00 bits per heavy atom. The van der Waals surface area contributed by atoms with E-state index in [9.17, 15) is 4.79 Å². The van der Waals surface area contributed by atoms with Crippen LogP contribution < -0.4 is 5.32 Å². The number of benzene rings is 1. The number of fused-ring (bicyclic) bond motifs is 2. The van der Waals surface area contributed by atoms with Gasteiger partial charge in [-0.2, -0.15) is 0 Å². The molecular weight excluding hydrogens is 386 g/mol. The second-order valence-corrected chi connectivity index (χ2v) is 7.16. The Morgan fingerprint density at radius 3 is 2.90 bits per heavy atom. The summed E-state index contributed by atoms with van der Waals surface area (Å²) in [6.45, 7) is 0. The number of amides is 1. The summed E-state index contributed by atoms with van der Waals surface area (Å²) in [5.74, 6) is 0.240. The summed E-state index contributed by atoms with van der Waals surface area (Å²) in [5.41, 5.74) is 4.44. The lowest BCUT2D eigenvalue weighted by atomic mass is 10.1. The number of pyridine rings is 2. The number of aromatic amines is 2. The molecule has 0 bridgehead atoms. The maximum absolute atomic E-state index is 12.5. The Morgan fingerprint density at radius 1 is 1.10 bits per heavy atom. The van der Waals surface area contributed by atoms with Crippen molar-refractivity contribution in [1.82, 2.24) is 19.9 Å². The molecule has 0 radical (unpaired) electrons. The first kappa shape index (κ1) is 17.5. The second kappa shape index (κ2) is 7.07. The van der Waals surface area contributed by atoms with Crippen molar-refractivity contribution in [3.63, 3.8) is 0 Å². The number of carbonyl (C=O) groups excluding carboxylic acids is 1. The van der Waals surface area contributed by atoms with Gasteiger partial charge in [-0.25, -0.2) is 9.97 Å². The Labute approximate surface area is 171 Å². The highest BCUT2D eigenvalue weighted by Gasteiger charge is 2.12. The van der Waals surface area contributed by atoms with Gasteiger partial charge >= 0.3 is 0 Å². The fourth-order valence-electron chi connectivity index (χ4n) is 3.50. The van der Waals surface area contributed by atoms with Crippen LogP contribution in [0.25, 0.3) is 33.1 Å². The quantitative estimate of drug-likeness (QED) is 0.373. The summed E-state index contributed by atoms with van der Waals surface area (Å²) in [7, 11) is 0. The van der Waals surface area contributed by atoms with Crippen molar-refractivity contribution in [1.29, 1.82) is 0 Å². The minimum absolute atomic E-state index is 0.169. The molecule has 0 saturated heterocycles. The fourth-order valence-corrected chi connectivity index (χ4v) is 3.71. The Bertz CT molecular complexity index is 1320. The third kappa shape index (κ3) is 3.46. The Hall–Kier alpha value is -3.64. The van der Waals surface area contributed by atoms with Gasteiger partial charge in [-0.1, -0.05) is 29.8 Å². The zero-order chi connectivity index (χ0) is 19.8. The lowest BCUT2D eigenvalue weighted by molar-refractivity contribution is -0.115. The predicted octanol–water partition coefficient (Wildman–Crippen LogP) is 4.94. The largest absolute Gasteiger partial charge is 0.358 e. The predicted molar refractivity (Wildman–Crippen MR) is 115 cm³/mol. The minimum atomic E-state index is -0.169. The van der Waals surface area contributed by atoms with E-state index in [1.54, 1.807) is 12.3 Å². The van der Waals surface area contributed by atoms with E-state index in [2.05, 4.69) is 25.3 Å². The topological polar surface area (TPSA) is 86.5 Å². The maximum Gasteiger partial charge on any atom is 0.231 e. The summed E-state index contributed by atoms with van der Waals surface area (Å²) in [6.07, 6.45) is 3.83. The van der Waals surface area contributed by atoms with Gasteiger partial charge in [0, 0.05) is 34.6 Å². The van der Waals surface area contributed by atoms with Gasteiger partial charge in [0.2, 0.25) is 5.91 Å². The number of nitrogens with zero attached hydrogens (tertiary/aromatic N) is 2. The zero-order valence-electron chi connectivity index (χ0n) is 15.2. The third-order valence-corrected chi connectivity index (χ3v) is 4.95. The summed E-state index contributed by atoms with van der Waals surface area (Å²) in [5, 5.41) is 5.21. The van der Waals surface area contributed by atoms with E-state index in [1.807, 2.05) is 54.7 Å². The summed E-state index contributed by atoms with van der Waals surface area (Å²) < 4.78 is 0. The number of halogens is 1. The van der Waals surface area contributed by atoms with Crippen LogP contribution in [0.4, 0.5) is 5.82 Å². The molecule has 0 fully saturated rings. The molecule has 0 atom stereocenters. The van der Waals surface area contributed by atoms with E-state index < -0.39 is 0 Å². The average Bonchev–Trinajstić information content (AvgIpc) is 3.30. The van der Waals surface area contributed by atoms with Gasteiger partial charge in [-0.05, 0) is 47.3 Å². The average molecular weight is 402 g/mol. The molecule has 5 rings (SSSR count). The van der Waals surface area contributed by atoms with E-state index in [1.165, 1.54) is 0 Å². The molecule has 0 saturated carbocycles. The first-order valence-corrected chi connectivity index (χ1v) is 9.50. The van der Waals surface area contributed by atoms with Gasteiger partial charge in [0.1, 0.15) is 16.6 Å². The van der Waals surface area contributed by atoms with Crippen LogP contribution in [0, 0.1) is 0 Å². The Balaban J connectivity index is 1.40. The smallest absolute Gasteiger partial charge is 0.231 e. The number of hydrogen-bond donors (Lipinski definition) is 3. The molecular formula is C22H16ClN5O. The number of nitrogens with one attached hydrogen (secondary N) is 3. The van der Waals surface area contributed by atoms with Crippen LogP contribution in [0.2, 0.25) is 5.15 Å². The molecule has 0 aliphatic heterocycles. The molecule has 5 aromatic rings. The highest BCUT2D eigenvalue weighted by molar-refractivity contribution is 6.30. The molecule has 6 nitrogen and oxygen atoms in total. The number of carbonyl (C=O) groups is 1. The third-order valence-electron chi connectivity index (χ3n) is 4.76.